The van der Waals surface area contributed by atoms with Gasteiger partial charge in [0.1, 0.15) is 0 Å². The van der Waals surface area contributed by atoms with Crippen molar-refractivity contribution in [2.75, 3.05) is 12.4 Å². The van der Waals surface area contributed by atoms with Gasteiger partial charge >= 0.3 is 0 Å². The molecule has 2 N–H and O–H groups in total. The lowest BCUT2D eigenvalue weighted by Crippen LogP contribution is -1.94. The molecule has 0 aliphatic carbocycles. The van der Waals surface area contributed by atoms with Crippen LogP contribution < -0.4 is 0 Å². The number of aliphatic hydroxyl groups is 2. The highest BCUT2D eigenvalue weighted by Crippen LogP contribution is 2.22. The number of rotatable bonds is 6. The Balaban J connectivity index is 2.49. The van der Waals surface area contributed by atoms with E-state index >= 15 is 0 Å². The molecule has 0 aliphatic rings. The Labute approximate surface area is 95.3 Å². The van der Waals surface area contributed by atoms with Crippen LogP contribution in [0.3, 0.4) is 0 Å². The third-order valence-corrected chi connectivity index (χ3v) is 3.32. The van der Waals surface area contributed by atoms with E-state index in [0.717, 1.165) is 24.2 Å². The smallest absolute Gasteiger partial charge is 0.0787 e. The lowest BCUT2D eigenvalue weighted by molar-refractivity contribution is 0.173. The first kappa shape index (κ1) is 12.6. The topological polar surface area (TPSA) is 40.5 Å². The van der Waals surface area contributed by atoms with Crippen LogP contribution in [0.15, 0.2) is 29.2 Å². The molecular formula is C12H18O2S. The molecule has 1 aromatic carbocycles. The van der Waals surface area contributed by atoms with Gasteiger partial charge in [-0.3, -0.25) is 0 Å². The average Bonchev–Trinajstić information content (AvgIpc) is 2.29. The third kappa shape index (κ3) is 4.24. The van der Waals surface area contributed by atoms with Gasteiger partial charge < -0.3 is 10.2 Å². The maximum absolute atomic E-state index is 9.59. The van der Waals surface area contributed by atoms with Gasteiger partial charge in [0.25, 0.3) is 0 Å². The molecule has 0 fully saturated rings. The first-order valence-electron chi connectivity index (χ1n) is 5.29. The van der Waals surface area contributed by atoms with Gasteiger partial charge in [0.05, 0.1) is 6.10 Å². The Bertz CT molecular complexity index is 271. The Hall–Kier alpha value is -0.510. The largest absolute Gasteiger partial charge is 0.396 e. The zero-order chi connectivity index (χ0) is 11.1. The van der Waals surface area contributed by atoms with Crippen molar-refractivity contribution in [3.05, 3.63) is 29.8 Å². The third-order valence-electron chi connectivity index (χ3n) is 2.22. The molecular weight excluding hydrogens is 208 g/mol. The van der Waals surface area contributed by atoms with E-state index in [1.165, 1.54) is 4.90 Å². The second kappa shape index (κ2) is 6.88. The van der Waals surface area contributed by atoms with Crippen LogP contribution in [0.4, 0.5) is 0 Å². The van der Waals surface area contributed by atoms with Crippen molar-refractivity contribution >= 4 is 11.8 Å². The summed E-state index contributed by atoms with van der Waals surface area (Å²) in [5.74, 6) is 0.937. The van der Waals surface area contributed by atoms with Gasteiger partial charge in [-0.2, -0.15) is 0 Å². The predicted molar refractivity (Wildman–Crippen MR) is 64.1 cm³/mol. The van der Waals surface area contributed by atoms with Gasteiger partial charge in [0, 0.05) is 17.3 Å². The second-order valence-electron chi connectivity index (χ2n) is 3.42. The summed E-state index contributed by atoms with van der Waals surface area (Å²) in [6.45, 7) is 2.22. The number of thioether (sulfide) groups is 1. The molecule has 15 heavy (non-hydrogen) atoms. The summed E-state index contributed by atoms with van der Waals surface area (Å²) in [5, 5.41) is 18.2. The fourth-order valence-electron chi connectivity index (χ4n) is 1.28. The molecule has 3 heteroatoms. The molecule has 0 amide bonds. The predicted octanol–water partition coefficient (Wildman–Crippen LogP) is 2.60. The molecule has 0 aromatic heterocycles. The van der Waals surface area contributed by atoms with Crippen molar-refractivity contribution in [1.29, 1.82) is 0 Å². The Kier molecular flexibility index (Phi) is 5.76. The van der Waals surface area contributed by atoms with E-state index in [1.54, 1.807) is 11.8 Å². The summed E-state index contributed by atoms with van der Waals surface area (Å²) in [4.78, 5) is 1.19. The zero-order valence-electron chi connectivity index (χ0n) is 9.02. The van der Waals surface area contributed by atoms with Crippen LogP contribution in [0.25, 0.3) is 0 Å². The number of hydrogen-bond donors (Lipinski definition) is 2. The zero-order valence-corrected chi connectivity index (χ0v) is 9.83. The van der Waals surface area contributed by atoms with Crippen LogP contribution in [-0.4, -0.2) is 22.6 Å². The number of hydrogen-bond acceptors (Lipinski definition) is 3. The van der Waals surface area contributed by atoms with Gasteiger partial charge in [-0.25, -0.2) is 0 Å². The maximum atomic E-state index is 9.59. The molecule has 1 aromatic rings. The van der Waals surface area contributed by atoms with E-state index in [4.69, 9.17) is 5.11 Å². The summed E-state index contributed by atoms with van der Waals surface area (Å²) < 4.78 is 0. The maximum Gasteiger partial charge on any atom is 0.0787 e. The minimum absolute atomic E-state index is 0.250. The van der Waals surface area contributed by atoms with E-state index < -0.39 is 0 Å². The van der Waals surface area contributed by atoms with E-state index in [-0.39, 0.29) is 12.7 Å². The van der Waals surface area contributed by atoms with E-state index in [9.17, 15) is 5.11 Å². The first-order valence-corrected chi connectivity index (χ1v) is 6.28. The monoisotopic (exact) mass is 226 g/mol. The molecule has 1 rings (SSSR count). The molecule has 1 unspecified atom stereocenters. The summed E-state index contributed by atoms with van der Waals surface area (Å²) >= 11 is 1.73. The average molecular weight is 226 g/mol. The quantitative estimate of drug-likeness (QED) is 0.578. The van der Waals surface area contributed by atoms with Crippen LogP contribution in [0.1, 0.15) is 31.4 Å². The van der Waals surface area contributed by atoms with Gasteiger partial charge in [0.15, 0.2) is 0 Å². The second-order valence-corrected chi connectivity index (χ2v) is 4.59. The van der Waals surface area contributed by atoms with Crippen molar-refractivity contribution in [3.8, 4) is 0 Å². The van der Waals surface area contributed by atoms with E-state index in [0.29, 0.717) is 0 Å². The van der Waals surface area contributed by atoms with Crippen molar-refractivity contribution < 1.29 is 10.2 Å². The molecule has 0 saturated heterocycles. The molecule has 0 bridgehead atoms. The number of benzene rings is 1. The van der Waals surface area contributed by atoms with E-state index in [2.05, 4.69) is 0 Å². The minimum Gasteiger partial charge on any atom is -0.396 e. The van der Waals surface area contributed by atoms with Crippen molar-refractivity contribution in [2.45, 2.75) is 30.8 Å². The van der Waals surface area contributed by atoms with Crippen LogP contribution in [0.2, 0.25) is 0 Å². The van der Waals surface area contributed by atoms with Gasteiger partial charge in [0.2, 0.25) is 0 Å². The summed E-state index contributed by atoms with van der Waals surface area (Å²) in [6.07, 6.45) is 1.22. The van der Waals surface area contributed by atoms with Crippen molar-refractivity contribution in [3.63, 3.8) is 0 Å². The van der Waals surface area contributed by atoms with Gasteiger partial charge in [-0.05, 0) is 30.5 Å². The normalized spacial score (nSPS) is 12.7. The standard InChI is InChI=1S/C12H18O2S/c1-2-12(14)10-4-6-11(7-5-10)15-9-3-8-13/h4-7,12-14H,2-3,8-9H2,1H3. The molecule has 0 aliphatic heterocycles. The van der Waals surface area contributed by atoms with Crippen LogP contribution in [0.5, 0.6) is 0 Å². The molecule has 0 radical (unpaired) electrons. The van der Waals surface area contributed by atoms with Gasteiger partial charge in [-0.1, -0.05) is 19.1 Å². The highest BCUT2D eigenvalue weighted by molar-refractivity contribution is 7.99. The molecule has 2 nitrogen and oxygen atoms in total. The fourth-order valence-corrected chi connectivity index (χ4v) is 2.11. The minimum atomic E-state index is -0.346. The van der Waals surface area contributed by atoms with Crippen molar-refractivity contribution in [2.24, 2.45) is 0 Å². The molecule has 1 atom stereocenters. The number of aliphatic hydroxyl groups excluding tert-OH is 2. The Morgan fingerprint density at radius 3 is 2.47 bits per heavy atom. The van der Waals surface area contributed by atoms with E-state index in [1.807, 2.05) is 31.2 Å². The highest BCUT2D eigenvalue weighted by Gasteiger charge is 2.03. The van der Waals surface area contributed by atoms with Crippen molar-refractivity contribution in [1.82, 2.24) is 0 Å². The van der Waals surface area contributed by atoms with Crippen LogP contribution >= 0.6 is 11.8 Å². The summed E-state index contributed by atoms with van der Waals surface area (Å²) in [7, 11) is 0. The SMILES string of the molecule is CCC(O)c1ccc(SCCCO)cc1. The summed E-state index contributed by atoms with van der Waals surface area (Å²) in [5.41, 5.74) is 0.976. The van der Waals surface area contributed by atoms with Crippen LogP contribution in [-0.2, 0) is 0 Å². The van der Waals surface area contributed by atoms with Crippen LogP contribution in [0, 0.1) is 0 Å². The first-order chi connectivity index (χ1) is 7.27. The molecule has 0 spiro atoms. The summed E-state index contributed by atoms with van der Waals surface area (Å²) in [6, 6.07) is 7.98. The Morgan fingerprint density at radius 1 is 1.27 bits per heavy atom. The highest BCUT2D eigenvalue weighted by atomic mass is 32.2. The molecule has 0 saturated carbocycles. The molecule has 84 valence electrons. The van der Waals surface area contributed by atoms with Gasteiger partial charge in [-0.15, -0.1) is 11.8 Å². The Morgan fingerprint density at radius 2 is 1.93 bits per heavy atom. The lowest BCUT2D eigenvalue weighted by atomic mass is 10.1. The lowest BCUT2D eigenvalue weighted by Gasteiger charge is -2.08. The fraction of sp³-hybridized carbons (Fsp3) is 0.500. The molecule has 0 heterocycles.